The molecule has 1 amide bonds. The van der Waals surface area contributed by atoms with E-state index in [0.29, 0.717) is 10.1 Å². The largest absolute Gasteiger partial charge is 0.316 e. The van der Waals surface area contributed by atoms with Crippen LogP contribution in [0.2, 0.25) is 0 Å². The van der Waals surface area contributed by atoms with E-state index in [2.05, 4.69) is 20.8 Å². The molecule has 0 radical (unpaired) electrons. The van der Waals surface area contributed by atoms with Crippen LogP contribution in [0.1, 0.15) is 19.4 Å². The van der Waals surface area contributed by atoms with E-state index in [1.807, 2.05) is 74.5 Å². The number of rotatable bonds is 6. The number of nitrogens with one attached hydrogen (secondary N) is 2. The molecule has 0 atom stereocenters. The van der Waals surface area contributed by atoms with Gasteiger partial charge >= 0.3 is 0 Å². The average Bonchev–Trinajstić information content (AvgIpc) is 3.06. The summed E-state index contributed by atoms with van der Waals surface area (Å²) in [5, 5.41) is 8.53. The van der Waals surface area contributed by atoms with Crippen LogP contribution in [-0.2, 0) is 4.79 Å². The summed E-state index contributed by atoms with van der Waals surface area (Å²) in [7, 11) is 0. The van der Waals surface area contributed by atoms with Crippen molar-refractivity contribution < 1.29 is 4.79 Å². The quantitative estimate of drug-likeness (QED) is 0.485. The number of thiazole rings is 1. The lowest BCUT2D eigenvalue weighted by molar-refractivity contribution is -0.118. The summed E-state index contributed by atoms with van der Waals surface area (Å²) in [6, 6.07) is 19.6. The van der Waals surface area contributed by atoms with Crippen LogP contribution in [-0.4, -0.2) is 17.1 Å². The monoisotopic (exact) mass is 364 g/mol. The highest BCUT2D eigenvalue weighted by Crippen LogP contribution is 2.36. The molecule has 1 aromatic heterocycles. The summed E-state index contributed by atoms with van der Waals surface area (Å²) >= 11 is 1.37. The van der Waals surface area contributed by atoms with Gasteiger partial charge in [-0.05, 0) is 5.56 Å². The fourth-order valence-electron chi connectivity index (χ4n) is 2.20. The van der Waals surface area contributed by atoms with Gasteiger partial charge in [0.05, 0.1) is 6.21 Å². The highest BCUT2D eigenvalue weighted by atomic mass is 32.1. The van der Waals surface area contributed by atoms with E-state index in [-0.39, 0.29) is 11.8 Å². The number of aromatic nitrogens is 1. The first kappa shape index (κ1) is 17.8. The van der Waals surface area contributed by atoms with Crippen LogP contribution in [0.5, 0.6) is 0 Å². The molecule has 3 rings (SSSR count). The Morgan fingerprint density at radius 3 is 2.38 bits per heavy atom. The van der Waals surface area contributed by atoms with E-state index in [4.69, 9.17) is 0 Å². The van der Waals surface area contributed by atoms with E-state index >= 15 is 0 Å². The highest BCUT2D eigenvalue weighted by Gasteiger charge is 2.16. The minimum absolute atomic E-state index is 0.0369. The first-order chi connectivity index (χ1) is 12.6. The Morgan fingerprint density at radius 1 is 1.08 bits per heavy atom. The number of benzene rings is 2. The van der Waals surface area contributed by atoms with Crippen LogP contribution < -0.4 is 10.7 Å². The fourth-order valence-corrected chi connectivity index (χ4v) is 3.04. The molecule has 3 aromatic rings. The van der Waals surface area contributed by atoms with Crippen LogP contribution in [0.15, 0.2) is 65.8 Å². The lowest BCUT2D eigenvalue weighted by Gasteiger charge is -2.07. The second-order valence-electron chi connectivity index (χ2n) is 5.99. The maximum absolute atomic E-state index is 12.1. The Kier molecular flexibility index (Phi) is 5.76. The van der Waals surface area contributed by atoms with Gasteiger partial charge in [-0.3, -0.25) is 10.2 Å². The van der Waals surface area contributed by atoms with Gasteiger partial charge in [0.25, 0.3) is 0 Å². The third-order valence-electron chi connectivity index (χ3n) is 3.61. The first-order valence-corrected chi connectivity index (χ1v) is 9.16. The van der Waals surface area contributed by atoms with Gasteiger partial charge < -0.3 is 5.32 Å². The van der Waals surface area contributed by atoms with Gasteiger partial charge in [0.15, 0.2) is 0 Å². The Labute approximate surface area is 156 Å². The standard InChI is InChI=1S/C20H20N4OS/c1-14(2)18(25)23-19-17(16-11-7-4-8-12-16)22-20(26-19)24-21-13-15-9-5-3-6-10-15/h3-14H,1-2H3,(H,22,24)(H,23,25)/b21-13-. The molecule has 132 valence electrons. The Morgan fingerprint density at radius 2 is 1.73 bits per heavy atom. The predicted octanol–water partition coefficient (Wildman–Crippen LogP) is 4.85. The van der Waals surface area contributed by atoms with Gasteiger partial charge in [-0.2, -0.15) is 5.10 Å². The minimum Gasteiger partial charge on any atom is -0.316 e. The van der Waals surface area contributed by atoms with Crippen molar-refractivity contribution in [2.75, 3.05) is 10.7 Å². The van der Waals surface area contributed by atoms with Gasteiger partial charge in [-0.25, -0.2) is 4.98 Å². The maximum atomic E-state index is 12.1. The molecule has 1 heterocycles. The van der Waals surface area contributed by atoms with E-state index in [9.17, 15) is 4.79 Å². The summed E-state index contributed by atoms with van der Waals surface area (Å²) in [6.07, 6.45) is 1.73. The molecular weight excluding hydrogens is 344 g/mol. The summed E-state index contributed by atoms with van der Waals surface area (Å²) in [4.78, 5) is 16.7. The molecular formula is C20H20N4OS. The third kappa shape index (κ3) is 4.55. The number of hydrogen-bond acceptors (Lipinski definition) is 5. The van der Waals surface area contributed by atoms with Crippen molar-refractivity contribution >= 4 is 33.6 Å². The van der Waals surface area contributed by atoms with Crippen molar-refractivity contribution in [2.24, 2.45) is 11.0 Å². The summed E-state index contributed by atoms with van der Waals surface area (Å²) < 4.78 is 0. The summed E-state index contributed by atoms with van der Waals surface area (Å²) in [5.41, 5.74) is 5.63. The van der Waals surface area contributed by atoms with Gasteiger partial charge in [0.1, 0.15) is 10.7 Å². The zero-order valence-electron chi connectivity index (χ0n) is 14.6. The topological polar surface area (TPSA) is 66.4 Å². The molecule has 5 nitrogen and oxygen atoms in total. The maximum Gasteiger partial charge on any atom is 0.227 e. The third-order valence-corrected chi connectivity index (χ3v) is 4.48. The van der Waals surface area contributed by atoms with E-state index in [1.165, 1.54) is 11.3 Å². The molecule has 6 heteroatoms. The number of nitrogens with zero attached hydrogens (tertiary/aromatic N) is 2. The van der Waals surface area contributed by atoms with Gasteiger partial charge in [-0.1, -0.05) is 85.8 Å². The molecule has 2 N–H and O–H groups in total. The number of carbonyl (C=O) groups excluding carboxylic acids is 1. The predicted molar refractivity (Wildman–Crippen MR) is 109 cm³/mol. The molecule has 0 aliphatic carbocycles. The van der Waals surface area contributed by atoms with Gasteiger partial charge in [-0.15, -0.1) is 0 Å². The molecule has 0 bridgehead atoms. The molecule has 0 saturated heterocycles. The molecule has 2 aromatic carbocycles. The Bertz CT molecular complexity index is 889. The normalized spacial score (nSPS) is 11.0. The van der Waals surface area contributed by atoms with Gasteiger partial charge in [0, 0.05) is 11.5 Å². The highest BCUT2D eigenvalue weighted by molar-refractivity contribution is 7.20. The van der Waals surface area contributed by atoms with Crippen molar-refractivity contribution in [3.05, 3.63) is 66.2 Å². The number of carbonyl (C=O) groups is 1. The Hall–Kier alpha value is -2.99. The van der Waals surface area contributed by atoms with Crippen LogP contribution in [0.4, 0.5) is 10.1 Å². The van der Waals surface area contributed by atoms with Crippen molar-refractivity contribution in [1.82, 2.24) is 4.98 Å². The van der Waals surface area contributed by atoms with E-state index in [1.54, 1.807) is 6.21 Å². The number of hydrazone groups is 1. The number of amides is 1. The lowest BCUT2D eigenvalue weighted by atomic mass is 10.1. The van der Waals surface area contributed by atoms with E-state index < -0.39 is 0 Å². The second-order valence-corrected chi connectivity index (χ2v) is 6.99. The zero-order valence-corrected chi connectivity index (χ0v) is 15.5. The molecule has 0 spiro atoms. The Balaban J connectivity index is 1.83. The number of anilines is 2. The van der Waals surface area contributed by atoms with E-state index in [0.717, 1.165) is 16.8 Å². The molecule has 26 heavy (non-hydrogen) atoms. The summed E-state index contributed by atoms with van der Waals surface area (Å²) in [6.45, 7) is 3.73. The van der Waals surface area contributed by atoms with Gasteiger partial charge in [0.2, 0.25) is 11.0 Å². The van der Waals surface area contributed by atoms with Crippen LogP contribution >= 0.6 is 11.3 Å². The average molecular weight is 364 g/mol. The van der Waals surface area contributed by atoms with Crippen LogP contribution in [0.25, 0.3) is 11.3 Å². The van der Waals surface area contributed by atoms with Crippen molar-refractivity contribution in [3.63, 3.8) is 0 Å². The molecule has 0 saturated carbocycles. The SMILES string of the molecule is CC(C)C(=O)Nc1sc(N/N=C\c2ccccc2)nc1-c1ccccc1. The zero-order chi connectivity index (χ0) is 18.4. The van der Waals surface area contributed by atoms with Crippen LogP contribution in [0, 0.1) is 5.92 Å². The smallest absolute Gasteiger partial charge is 0.227 e. The second kappa shape index (κ2) is 8.40. The lowest BCUT2D eigenvalue weighted by Crippen LogP contribution is -2.17. The molecule has 0 aliphatic heterocycles. The minimum atomic E-state index is -0.103. The van der Waals surface area contributed by atoms with Crippen LogP contribution in [0.3, 0.4) is 0 Å². The first-order valence-electron chi connectivity index (χ1n) is 8.34. The van der Waals surface area contributed by atoms with Crippen molar-refractivity contribution in [2.45, 2.75) is 13.8 Å². The molecule has 0 unspecified atom stereocenters. The molecule has 0 aliphatic rings. The molecule has 0 fully saturated rings. The summed E-state index contributed by atoms with van der Waals surface area (Å²) in [5.74, 6) is -0.140. The number of hydrogen-bond donors (Lipinski definition) is 2. The van der Waals surface area contributed by atoms with Crippen molar-refractivity contribution in [3.8, 4) is 11.3 Å². The van der Waals surface area contributed by atoms with Crippen molar-refractivity contribution in [1.29, 1.82) is 0 Å². The fraction of sp³-hybridized carbons (Fsp3) is 0.150.